The van der Waals surface area contributed by atoms with Gasteiger partial charge in [0.1, 0.15) is 4.21 Å². The molecular weight excluding hydrogens is 332 g/mol. The summed E-state index contributed by atoms with van der Waals surface area (Å²) in [6.45, 7) is 5.60. The zero-order valence-electron chi connectivity index (χ0n) is 13.6. The number of thiophene rings is 1. The lowest BCUT2D eigenvalue weighted by molar-refractivity contribution is -0.116. The number of rotatable bonds is 5. The molecule has 0 fully saturated rings. The summed E-state index contributed by atoms with van der Waals surface area (Å²) in [6.07, 6.45) is 0. The molecule has 1 heterocycles. The van der Waals surface area contributed by atoms with Gasteiger partial charge in [-0.1, -0.05) is 23.8 Å². The van der Waals surface area contributed by atoms with Crippen LogP contribution in [0.3, 0.4) is 0 Å². The van der Waals surface area contributed by atoms with Gasteiger partial charge in [-0.05, 0) is 43.3 Å². The van der Waals surface area contributed by atoms with Gasteiger partial charge in [0.2, 0.25) is 5.91 Å². The third-order valence-electron chi connectivity index (χ3n) is 3.47. The number of nitrogens with one attached hydrogen (secondary N) is 1. The number of amides is 1. The first-order valence-corrected chi connectivity index (χ1v) is 9.41. The lowest BCUT2D eigenvalue weighted by Crippen LogP contribution is -2.34. The Morgan fingerprint density at radius 2 is 1.83 bits per heavy atom. The van der Waals surface area contributed by atoms with Crippen molar-refractivity contribution in [3.63, 3.8) is 0 Å². The van der Waals surface area contributed by atoms with E-state index >= 15 is 0 Å². The summed E-state index contributed by atoms with van der Waals surface area (Å²) in [4.78, 5) is 12.2. The van der Waals surface area contributed by atoms with E-state index < -0.39 is 10.0 Å². The van der Waals surface area contributed by atoms with Gasteiger partial charge in [0.05, 0.1) is 6.54 Å². The van der Waals surface area contributed by atoms with Crippen molar-refractivity contribution in [1.82, 2.24) is 4.31 Å². The molecule has 0 aliphatic rings. The average Bonchev–Trinajstić information content (AvgIpc) is 2.97. The molecule has 0 radical (unpaired) electrons. The van der Waals surface area contributed by atoms with Gasteiger partial charge in [-0.2, -0.15) is 4.31 Å². The Balaban J connectivity index is 2.11. The molecule has 1 aromatic carbocycles. The lowest BCUT2D eigenvalue weighted by Gasteiger charge is -2.17. The highest BCUT2D eigenvalue weighted by Gasteiger charge is 2.24. The van der Waals surface area contributed by atoms with Gasteiger partial charge in [-0.15, -0.1) is 11.3 Å². The smallest absolute Gasteiger partial charge is 0.252 e. The van der Waals surface area contributed by atoms with Crippen LogP contribution < -0.4 is 5.32 Å². The topological polar surface area (TPSA) is 66.5 Å². The maximum atomic E-state index is 12.3. The van der Waals surface area contributed by atoms with Crippen LogP contribution >= 0.6 is 11.3 Å². The van der Waals surface area contributed by atoms with Crippen LogP contribution in [-0.2, 0) is 14.8 Å². The molecule has 5 nitrogen and oxygen atoms in total. The minimum absolute atomic E-state index is 0.229. The third kappa shape index (κ3) is 3.99. The number of nitrogens with zero attached hydrogens (tertiary/aromatic N) is 1. The molecule has 7 heteroatoms. The molecule has 1 N–H and O–H groups in total. The fourth-order valence-corrected chi connectivity index (χ4v) is 4.74. The number of hydrogen-bond acceptors (Lipinski definition) is 4. The molecule has 0 bridgehead atoms. The van der Waals surface area contributed by atoms with Crippen molar-refractivity contribution in [3.8, 4) is 0 Å². The van der Waals surface area contributed by atoms with E-state index in [0.717, 1.165) is 38.0 Å². The van der Waals surface area contributed by atoms with Crippen LogP contribution in [0.25, 0.3) is 0 Å². The molecule has 0 aliphatic heterocycles. The molecule has 0 atom stereocenters. The molecule has 1 aromatic heterocycles. The maximum absolute atomic E-state index is 12.3. The molecule has 0 saturated heterocycles. The minimum atomic E-state index is -3.62. The Hall–Kier alpha value is -1.70. The van der Waals surface area contributed by atoms with Crippen molar-refractivity contribution < 1.29 is 13.2 Å². The van der Waals surface area contributed by atoms with E-state index in [9.17, 15) is 13.2 Å². The second-order valence-electron chi connectivity index (χ2n) is 5.52. The zero-order valence-corrected chi connectivity index (χ0v) is 15.2. The van der Waals surface area contributed by atoms with Crippen molar-refractivity contribution in [2.24, 2.45) is 0 Å². The number of hydrogen-bond donors (Lipinski definition) is 1. The first-order valence-electron chi connectivity index (χ1n) is 7.09. The van der Waals surface area contributed by atoms with E-state index in [1.165, 1.54) is 13.1 Å². The predicted octanol–water partition coefficient (Wildman–Crippen LogP) is 2.93. The van der Waals surface area contributed by atoms with Gasteiger partial charge >= 0.3 is 0 Å². The van der Waals surface area contributed by atoms with E-state index in [2.05, 4.69) is 5.32 Å². The van der Waals surface area contributed by atoms with Crippen molar-refractivity contribution in [3.05, 3.63) is 46.3 Å². The van der Waals surface area contributed by atoms with Gasteiger partial charge in [-0.3, -0.25) is 4.79 Å². The highest BCUT2D eigenvalue weighted by atomic mass is 32.2. The highest BCUT2D eigenvalue weighted by Crippen LogP contribution is 2.23. The SMILES string of the molecule is Cc1cc(C)c(NC(=O)CN(C)S(=O)(=O)c2cccs2)c(C)c1. The van der Waals surface area contributed by atoms with Gasteiger partial charge in [0.15, 0.2) is 0 Å². The van der Waals surface area contributed by atoms with E-state index in [-0.39, 0.29) is 16.7 Å². The second kappa shape index (κ2) is 6.82. The minimum Gasteiger partial charge on any atom is -0.324 e. The fourth-order valence-electron chi connectivity index (χ4n) is 2.41. The fraction of sp³-hybridized carbons (Fsp3) is 0.312. The Labute approximate surface area is 141 Å². The van der Waals surface area contributed by atoms with E-state index in [0.29, 0.717) is 0 Å². The predicted molar refractivity (Wildman–Crippen MR) is 93.4 cm³/mol. The molecule has 0 spiro atoms. The van der Waals surface area contributed by atoms with Crippen molar-refractivity contribution >= 4 is 33.0 Å². The summed E-state index contributed by atoms with van der Waals surface area (Å²) in [6, 6.07) is 7.16. The highest BCUT2D eigenvalue weighted by molar-refractivity contribution is 7.91. The summed E-state index contributed by atoms with van der Waals surface area (Å²) in [5.74, 6) is -0.359. The molecule has 0 unspecified atom stereocenters. The number of anilines is 1. The Morgan fingerprint density at radius 3 is 2.35 bits per heavy atom. The molecule has 1 amide bonds. The zero-order chi connectivity index (χ0) is 17.2. The van der Waals surface area contributed by atoms with Crippen molar-refractivity contribution in [1.29, 1.82) is 0 Å². The van der Waals surface area contributed by atoms with Crippen LogP contribution in [0.2, 0.25) is 0 Å². The van der Waals surface area contributed by atoms with Crippen LogP contribution in [-0.4, -0.2) is 32.2 Å². The largest absolute Gasteiger partial charge is 0.324 e. The maximum Gasteiger partial charge on any atom is 0.252 e. The Kier molecular flexibility index (Phi) is 5.23. The van der Waals surface area contributed by atoms with Crippen LogP contribution in [0, 0.1) is 20.8 Å². The number of aryl methyl sites for hydroxylation is 3. The third-order valence-corrected chi connectivity index (χ3v) is 6.64. The number of carbonyl (C=O) groups excluding carboxylic acids is 1. The van der Waals surface area contributed by atoms with Crippen LogP contribution in [0.15, 0.2) is 33.9 Å². The van der Waals surface area contributed by atoms with E-state index in [1.807, 2.05) is 32.9 Å². The van der Waals surface area contributed by atoms with Crippen LogP contribution in [0.1, 0.15) is 16.7 Å². The van der Waals surface area contributed by atoms with Gasteiger partial charge in [-0.25, -0.2) is 8.42 Å². The monoisotopic (exact) mass is 352 g/mol. The molecule has 124 valence electrons. The van der Waals surface area contributed by atoms with Gasteiger partial charge in [0, 0.05) is 12.7 Å². The van der Waals surface area contributed by atoms with Crippen LogP contribution in [0.5, 0.6) is 0 Å². The lowest BCUT2D eigenvalue weighted by atomic mass is 10.1. The molecule has 0 saturated carbocycles. The Morgan fingerprint density at radius 1 is 1.22 bits per heavy atom. The first kappa shape index (κ1) is 17.7. The number of benzene rings is 1. The summed E-state index contributed by atoms with van der Waals surface area (Å²) in [5, 5.41) is 4.51. The van der Waals surface area contributed by atoms with Gasteiger partial charge < -0.3 is 5.32 Å². The Bertz CT molecular complexity index is 789. The summed E-state index contributed by atoms with van der Waals surface area (Å²) >= 11 is 1.13. The summed E-state index contributed by atoms with van der Waals surface area (Å²) < 4.78 is 25.9. The average molecular weight is 352 g/mol. The van der Waals surface area contributed by atoms with Gasteiger partial charge in [0.25, 0.3) is 10.0 Å². The molecule has 2 aromatic rings. The summed E-state index contributed by atoms with van der Waals surface area (Å²) in [7, 11) is -2.21. The summed E-state index contributed by atoms with van der Waals surface area (Å²) in [5.41, 5.74) is 3.78. The van der Waals surface area contributed by atoms with Crippen LogP contribution in [0.4, 0.5) is 5.69 Å². The number of likely N-dealkylation sites (N-methyl/N-ethyl adjacent to an activating group) is 1. The van der Waals surface area contributed by atoms with Crippen molar-refractivity contribution in [2.75, 3.05) is 18.9 Å². The second-order valence-corrected chi connectivity index (χ2v) is 8.73. The standard InChI is InChI=1S/C16H20N2O3S2/c1-11-8-12(2)16(13(3)9-11)17-14(19)10-18(4)23(20,21)15-6-5-7-22-15/h5-9H,10H2,1-4H3,(H,17,19). The normalized spacial score (nSPS) is 11.7. The molecule has 0 aliphatic carbocycles. The van der Waals surface area contributed by atoms with Crippen molar-refractivity contribution in [2.45, 2.75) is 25.0 Å². The number of sulfonamides is 1. The molecule has 2 rings (SSSR count). The quantitative estimate of drug-likeness (QED) is 0.900. The van der Waals surface area contributed by atoms with E-state index in [4.69, 9.17) is 0 Å². The number of carbonyl (C=O) groups is 1. The molecule has 23 heavy (non-hydrogen) atoms. The molecular formula is C16H20N2O3S2. The van der Waals surface area contributed by atoms with E-state index in [1.54, 1.807) is 11.4 Å². The first-order chi connectivity index (χ1) is 10.7.